The molecule has 18 heavy (non-hydrogen) atoms. The lowest BCUT2D eigenvalue weighted by atomic mass is 10.2. The minimum absolute atomic E-state index is 0.340. The van der Waals surface area contributed by atoms with E-state index in [2.05, 4.69) is 25.7 Å². The van der Waals surface area contributed by atoms with Gasteiger partial charge in [0.2, 0.25) is 5.88 Å². The summed E-state index contributed by atoms with van der Waals surface area (Å²) < 4.78 is 76.8. The van der Waals surface area contributed by atoms with Crippen LogP contribution in [-0.4, -0.2) is 11.3 Å². The molecule has 0 amide bonds. The molecule has 0 saturated carbocycles. The van der Waals surface area contributed by atoms with Crippen molar-refractivity contribution in [3.8, 4) is 5.88 Å². The molecule has 0 aliphatic rings. The molecule has 1 rings (SSSR count). The fourth-order valence-electron chi connectivity index (χ4n) is 1.04. The first-order valence-electron chi connectivity index (χ1n) is 4.13. The van der Waals surface area contributed by atoms with Gasteiger partial charge in [0.15, 0.2) is 0 Å². The Kier molecular flexibility index (Phi) is 4.73. The second-order valence-electron chi connectivity index (χ2n) is 2.95. The van der Waals surface area contributed by atoms with E-state index in [9.17, 15) is 26.3 Å². The molecule has 1 heterocycles. The van der Waals surface area contributed by atoms with Crippen LogP contribution in [0, 0.1) is 3.57 Å². The van der Waals surface area contributed by atoms with Gasteiger partial charge in [-0.2, -0.15) is 13.2 Å². The molecule has 0 atom stereocenters. The van der Waals surface area contributed by atoms with E-state index in [1.165, 1.54) is 22.6 Å². The quantitative estimate of drug-likeness (QED) is 0.377. The van der Waals surface area contributed by atoms with Crippen LogP contribution in [0.3, 0.4) is 0 Å². The summed E-state index contributed by atoms with van der Waals surface area (Å²) in [5.74, 6) is -0.898. The number of rotatable bonds is 2. The smallest absolute Gasteiger partial charge is 0.387 e. The van der Waals surface area contributed by atoms with Gasteiger partial charge in [-0.05, 0) is 28.7 Å². The van der Waals surface area contributed by atoms with Crippen molar-refractivity contribution in [1.29, 1.82) is 0 Å². The van der Waals surface area contributed by atoms with E-state index in [0.717, 1.165) is 0 Å². The maximum absolute atomic E-state index is 12.6. The lowest BCUT2D eigenvalue weighted by Gasteiger charge is -2.15. The highest BCUT2D eigenvalue weighted by Gasteiger charge is 2.37. The highest BCUT2D eigenvalue weighted by Crippen LogP contribution is 2.36. The van der Waals surface area contributed by atoms with Crippen molar-refractivity contribution in [2.24, 2.45) is 0 Å². The third-order valence-corrected chi connectivity index (χ3v) is 2.97. The number of aromatic nitrogens is 1. The Morgan fingerprint density at radius 3 is 2.17 bits per heavy atom. The Balaban J connectivity index is 3.27. The van der Waals surface area contributed by atoms with Crippen molar-refractivity contribution in [2.45, 2.75) is 17.9 Å². The van der Waals surface area contributed by atoms with E-state index in [1.54, 1.807) is 0 Å². The van der Waals surface area contributed by atoms with E-state index in [1.807, 2.05) is 0 Å². The largest absolute Gasteiger partial charge is 0.574 e. The first-order chi connectivity index (χ1) is 8.04. The van der Waals surface area contributed by atoms with Gasteiger partial charge < -0.3 is 4.74 Å². The lowest BCUT2D eigenvalue weighted by molar-refractivity contribution is -0.276. The van der Waals surface area contributed by atoms with Crippen LogP contribution in [0.25, 0.3) is 0 Å². The Morgan fingerprint density at radius 2 is 1.78 bits per heavy atom. The van der Waals surface area contributed by atoms with Crippen molar-refractivity contribution in [3.05, 3.63) is 20.9 Å². The molecule has 2 nitrogen and oxygen atoms in total. The standard InChI is InChI=1S/C8H3BrF6INO/c9-2-5-3(7(10,11)12)1-4(16)6(17-5)18-8(13,14)15/h1H,2H2. The van der Waals surface area contributed by atoms with Crippen molar-refractivity contribution in [3.63, 3.8) is 0 Å². The van der Waals surface area contributed by atoms with E-state index in [-0.39, 0.29) is 8.90 Å². The van der Waals surface area contributed by atoms with Gasteiger partial charge in [-0.15, -0.1) is 13.2 Å². The van der Waals surface area contributed by atoms with Crippen molar-refractivity contribution in [1.82, 2.24) is 4.98 Å². The van der Waals surface area contributed by atoms with Gasteiger partial charge in [-0.1, -0.05) is 15.9 Å². The van der Waals surface area contributed by atoms with Crippen LogP contribution in [-0.2, 0) is 11.5 Å². The fourth-order valence-corrected chi connectivity index (χ4v) is 2.01. The molecule has 0 aliphatic heterocycles. The third-order valence-electron chi connectivity index (χ3n) is 1.67. The summed E-state index contributed by atoms with van der Waals surface area (Å²) in [5, 5.41) is -0.340. The molecule has 0 bridgehead atoms. The maximum atomic E-state index is 12.6. The highest BCUT2D eigenvalue weighted by molar-refractivity contribution is 14.1. The maximum Gasteiger partial charge on any atom is 0.574 e. The SMILES string of the molecule is FC(F)(F)Oc1nc(CBr)c(C(F)(F)F)cc1I. The van der Waals surface area contributed by atoms with E-state index in [0.29, 0.717) is 6.07 Å². The number of nitrogens with zero attached hydrogens (tertiary/aromatic N) is 1. The molecule has 1 aromatic heterocycles. The molecule has 1 aromatic rings. The van der Waals surface area contributed by atoms with Gasteiger partial charge in [0.25, 0.3) is 0 Å². The molecule has 0 saturated heterocycles. The van der Waals surface area contributed by atoms with Crippen LogP contribution in [0.4, 0.5) is 26.3 Å². The van der Waals surface area contributed by atoms with Crippen LogP contribution in [0.1, 0.15) is 11.3 Å². The minimum Gasteiger partial charge on any atom is -0.387 e. The second kappa shape index (κ2) is 5.39. The molecule has 0 unspecified atom stereocenters. The molecule has 0 radical (unpaired) electrons. The molecule has 0 aliphatic carbocycles. The summed E-state index contributed by atoms with van der Waals surface area (Å²) in [6.07, 6.45) is -9.69. The zero-order valence-electron chi connectivity index (χ0n) is 8.16. The van der Waals surface area contributed by atoms with Crippen molar-refractivity contribution >= 4 is 38.5 Å². The summed E-state index contributed by atoms with van der Waals surface area (Å²) in [6.45, 7) is 0. The molecular weight excluding hydrogens is 447 g/mol. The Bertz CT molecular complexity index is 446. The Hall–Kier alpha value is -0.260. The normalized spacial score (nSPS) is 12.7. The van der Waals surface area contributed by atoms with Crippen molar-refractivity contribution < 1.29 is 31.1 Å². The van der Waals surface area contributed by atoms with Gasteiger partial charge in [0, 0.05) is 5.33 Å². The monoisotopic (exact) mass is 449 g/mol. The minimum atomic E-state index is -5.00. The van der Waals surface area contributed by atoms with Crippen LogP contribution in [0.2, 0.25) is 0 Å². The predicted octanol–water partition coefficient (Wildman–Crippen LogP) is 4.50. The van der Waals surface area contributed by atoms with E-state index >= 15 is 0 Å². The predicted molar refractivity (Wildman–Crippen MR) is 61.3 cm³/mol. The van der Waals surface area contributed by atoms with Crippen molar-refractivity contribution in [2.75, 3.05) is 0 Å². The number of hydrogen-bond donors (Lipinski definition) is 0. The summed E-state index contributed by atoms with van der Waals surface area (Å²) >= 11 is 4.03. The summed E-state index contributed by atoms with van der Waals surface area (Å²) in [5.41, 5.74) is -1.67. The number of hydrogen-bond acceptors (Lipinski definition) is 2. The first-order valence-corrected chi connectivity index (χ1v) is 6.33. The van der Waals surface area contributed by atoms with Gasteiger partial charge in [-0.25, -0.2) is 4.98 Å². The Labute approximate surface area is 119 Å². The second-order valence-corrected chi connectivity index (χ2v) is 4.67. The number of pyridine rings is 1. The molecule has 0 spiro atoms. The average molecular weight is 450 g/mol. The number of ether oxygens (including phenoxy) is 1. The average Bonchev–Trinajstić information content (AvgIpc) is 2.17. The van der Waals surface area contributed by atoms with Gasteiger partial charge >= 0.3 is 12.5 Å². The highest BCUT2D eigenvalue weighted by atomic mass is 127. The van der Waals surface area contributed by atoms with Gasteiger partial charge in [0.05, 0.1) is 14.8 Å². The van der Waals surface area contributed by atoms with E-state index < -0.39 is 29.7 Å². The molecular formula is C8H3BrF6INO. The van der Waals surface area contributed by atoms with Gasteiger partial charge in [-0.3, -0.25) is 0 Å². The molecule has 0 fully saturated rings. The molecule has 0 N–H and O–H groups in total. The zero-order chi connectivity index (χ0) is 14.1. The Morgan fingerprint density at radius 1 is 1.22 bits per heavy atom. The summed E-state index contributed by atoms with van der Waals surface area (Å²) in [7, 11) is 0. The first kappa shape index (κ1) is 15.8. The van der Waals surface area contributed by atoms with Crippen LogP contribution in [0.15, 0.2) is 6.07 Å². The third kappa shape index (κ3) is 4.14. The number of halogens is 8. The lowest BCUT2D eigenvalue weighted by Crippen LogP contribution is -2.20. The van der Waals surface area contributed by atoms with Gasteiger partial charge in [0.1, 0.15) is 0 Å². The van der Waals surface area contributed by atoms with Crippen LogP contribution >= 0.6 is 38.5 Å². The molecule has 102 valence electrons. The summed E-state index contributed by atoms with van der Waals surface area (Å²) in [6, 6.07) is 0.561. The fraction of sp³-hybridized carbons (Fsp3) is 0.375. The zero-order valence-corrected chi connectivity index (χ0v) is 11.9. The molecule has 0 aromatic carbocycles. The van der Waals surface area contributed by atoms with Crippen LogP contribution in [0.5, 0.6) is 5.88 Å². The van der Waals surface area contributed by atoms with Crippen LogP contribution < -0.4 is 4.74 Å². The topological polar surface area (TPSA) is 22.1 Å². The molecule has 10 heteroatoms. The number of alkyl halides is 7. The van der Waals surface area contributed by atoms with E-state index in [4.69, 9.17) is 0 Å². The summed E-state index contributed by atoms with van der Waals surface area (Å²) in [4.78, 5) is 3.23.